The molecule has 22 heavy (non-hydrogen) atoms. The number of sulfonamides is 1. The molecule has 3 N–H and O–H groups in total. The molecular weight excluding hydrogens is 347 g/mol. The number of nitrogens with one attached hydrogen (secondary N) is 3. The van der Waals surface area contributed by atoms with Gasteiger partial charge in [0.1, 0.15) is 4.90 Å². The van der Waals surface area contributed by atoms with Gasteiger partial charge in [-0.2, -0.15) is 0 Å². The van der Waals surface area contributed by atoms with Crippen molar-refractivity contribution < 1.29 is 8.42 Å². The first kappa shape index (κ1) is 17.3. The third kappa shape index (κ3) is 4.74. The molecule has 1 aliphatic carbocycles. The van der Waals surface area contributed by atoms with Crippen LogP contribution in [-0.4, -0.2) is 40.6 Å². The van der Waals surface area contributed by atoms with Crippen LogP contribution in [0.3, 0.4) is 0 Å². The van der Waals surface area contributed by atoms with E-state index >= 15 is 0 Å². The number of aliphatic imine (C=N–C) groups is 1. The highest BCUT2D eigenvalue weighted by Gasteiger charge is 2.22. The van der Waals surface area contributed by atoms with Gasteiger partial charge in [-0.25, -0.2) is 13.1 Å². The molecule has 0 unspecified atom stereocenters. The molecule has 1 aromatic rings. The summed E-state index contributed by atoms with van der Waals surface area (Å²) < 4.78 is 26.8. The Morgan fingerprint density at radius 3 is 2.68 bits per heavy atom. The SMILES string of the molecule is CN=C(NCCNS(=O)(=O)c1cccc(Cl)c1Cl)NC1CC1. The number of guanidine groups is 1. The number of benzene rings is 1. The van der Waals surface area contributed by atoms with Gasteiger partial charge in [-0.15, -0.1) is 0 Å². The van der Waals surface area contributed by atoms with Crippen molar-refractivity contribution in [1.82, 2.24) is 15.4 Å². The molecule has 6 nitrogen and oxygen atoms in total. The summed E-state index contributed by atoms with van der Waals surface area (Å²) in [5.41, 5.74) is 0. The maximum absolute atomic E-state index is 12.2. The van der Waals surface area contributed by atoms with Crippen LogP contribution < -0.4 is 15.4 Å². The number of hydrogen-bond acceptors (Lipinski definition) is 3. The first-order chi connectivity index (χ1) is 10.4. The fourth-order valence-corrected chi connectivity index (χ4v) is 3.54. The minimum absolute atomic E-state index is 0.0239. The molecule has 1 aromatic carbocycles. The first-order valence-corrected chi connectivity index (χ1v) is 9.09. The average Bonchev–Trinajstić information content (AvgIpc) is 3.29. The molecule has 9 heteroatoms. The summed E-state index contributed by atoms with van der Waals surface area (Å²) in [6, 6.07) is 4.98. The third-order valence-electron chi connectivity index (χ3n) is 3.06. The van der Waals surface area contributed by atoms with E-state index in [1.165, 1.54) is 12.1 Å². The quantitative estimate of drug-likeness (QED) is 0.406. The molecule has 0 aliphatic heterocycles. The molecule has 0 saturated heterocycles. The minimum Gasteiger partial charge on any atom is -0.355 e. The summed E-state index contributed by atoms with van der Waals surface area (Å²) in [5, 5.41) is 6.48. The highest BCUT2D eigenvalue weighted by Crippen LogP contribution is 2.28. The summed E-state index contributed by atoms with van der Waals surface area (Å²) in [6.45, 7) is 0.611. The zero-order valence-electron chi connectivity index (χ0n) is 12.1. The normalized spacial score (nSPS) is 15.7. The van der Waals surface area contributed by atoms with Gasteiger partial charge < -0.3 is 10.6 Å². The lowest BCUT2D eigenvalue weighted by molar-refractivity contribution is 0.580. The van der Waals surface area contributed by atoms with Crippen molar-refractivity contribution in [2.75, 3.05) is 20.1 Å². The van der Waals surface area contributed by atoms with E-state index < -0.39 is 10.0 Å². The van der Waals surface area contributed by atoms with Crippen LogP contribution in [0.25, 0.3) is 0 Å². The van der Waals surface area contributed by atoms with E-state index in [2.05, 4.69) is 20.3 Å². The molecule has 0 atom stereocenters. The Kier molecular flexibility index (Phi) is 5.91. The summed E-state index contributed by atoms with van der Waals surface area (Å²) >= 11 is 11.8. The Balaban J connectivity index is 1.86. The second kappa shape index (κ2) is 7.50. The Morgan fingerprint density at radius 2 is 2.05 bits per heavy atom. The van der Waals surface area contributed by atoms with Gasteiger partial charge in [-0.1, -0.05) is 29.3 Å². The topological polar surface area (TPSA) is 82.6 Å². The fourth-order valence-electron chi connectivity index (χ4n) is 1.75. The second-order valence-electron chi connectivity index (χ2n) is 4.87. The zero-order valence-corrected chi connectivity index (χ0v) is 14.4. The lowest BCUT2D eigenvalue weighted by Gasteiger charge is -2.12. The van der Waals surface area contributed by atoms with Crippen molar-refractivity contribution in [3.8, 4) is 0 Å². The van der Waals surface area contributed by atoms with E-state index in [-0.39, 0.29) is 21.5 Å². The van der Waals surface area contributed by atoms with Crippen molar-refractivity contribution in [3.05, 3.63) is 28.2 Å². The predicted octanol–water partition coefficient (Wildman–Crippen LogP) is 1.60. The lowest BCUT2D eigenvalue weighted by Crippen LogP contribution is -2.42. The van der Waals surface area contributed by atoms with Crippen LogP contribution in [0.1, 0.15) is 12.8 Å². The van der Waals surface area contributed by atoms with Crippen LogP contribution in [0, 0.1) is 0 Å². The van der Waals surface area contributed by atoms with Crippen LogP contribution in [0.2, 0.25) is 10.0 Å². The van der Waals surface area contributed by atoms with Crippen LogP contribution in [-0.2, 0) is 10.0 Å². The van der Waals surface area contributed by atoms with E-state index in [0.717, 1.165) is 12.8 Å². The van der Waals surface area contributed by atoms with Crippen LogP contribution >= 0.6 is 23.2 Å². The second-order valence-corrected chi connectivity index (χ2v) is 7.39. The Morgan fingerprint density at radius 1 is 1.32 bits per heavy atom. The summed E-state index contributed by atoms with van der Waals surface area (Å²) in [6.07, 6.45) is 2.28. The Hall–Kier alpha value is -1.02. The Labute approximate surface area is 140 Å². The van der Waals surface area contributed by atoms with Gasteiger partial charge in [0.05, 0.1) is 10.0 Å². The number of rotatable bonds is 6. The molecular formula is C13H18Cl2N4O2S. The number of nitrogens with zero attached hydrogens (tertiary/aromatic N) is 1. The summed E-state index contributed by atoms with van der Waals surface area (Å²) in [7, 11) is -2.02. The van der Waals surface area contributed by atoms with Gasteiger partial charge in [0, 0.05) is 26.2 Å². The molecule has 0 aromatic heterocycles. The average molecular weight is 365 g/mol. The largest absolute Gasteiger partial charge is 0.355 e. The molecule has 0 bridgehead atoms. The predicted molar refractivity (Wildman–Crippen MR) is 89.2 cm³/mol. The van der Waals surface area contributed by atoms with Gasteiger partial charge in [-0.05, 0) is 25.0 Å². The molecule has 0 spiro atoms. The molecule has 1 aliphatic rings. The molecule has 0 radical (unpaired) electrons. The van der Waals surface area contributed by atoms with Gasteiger partial charge in [0.2, 0.25) is 10.0 Å². The third-order valence-corrected chi connectivity index (χ3v) is 5.49. The highest BCUT2D eigenvalue weighted by atomic mass is 35.5. The van der Waals surface area contributed by atoms with Crippen LogP contribution in [0.15, 0.2) is 28.1 Å². The summed E-state index contributed by atoms with van der Waals surface area (Å²) in [5.74, 6) is 0.669. The monoisotopic (exact) mass is 364 g/mol. The van der Waals surface area contributed by atoms with E-state index in [4.69, 9.17) is 23.2 Å². The zero-order chi connectivity index (χ0) is 16.2. The van der Waals surface area contributed by atoms with Crippen molar-refractivity contribution in [3.63, 3.8) is 0 Å². The van der Waals surface area contributed by atoms with Gasteiger partial charge in [0.25, 0.3) is 0 Å². The fraction of sp³-hybridized carbons (Fsp3) is 0.462. The van der Waals surface area contributed by atoms with Crippen LogP contribution in [0.4, 0.5) is 0 Å². The first-order valence-electron chi connectivity index (χ1n) is 6.85. The van der Waals surface area contributed by atoms with Gasteiger partial charge in [0.15, 0.2) is 5.96 Å². The molecule has 2 rings (SSSR count). The minimum atomic E-state index is -3.70. The van der Waals surface area contributed by atoms with Crippen molar-refractivity contribution in [1.29, 1.82) is 0 Å². The van der Waals surface area contributed by atoms with Gasteiger partial charge >= 0.3 is 0 Å². The van der Waals surface area contributed by atoms with Crippen molar-refractivity contribution >= 4 is 39.2 Å². The molecule has 0 heterocycles. The molecule has 1 fully saturated rings. The Bertz CT molecular complexity index is 660. The smallest absolute Gasteiger partial charge is 0.242 e. The highest BCUT2D eigenvalue weighted by molar-refractivity contribution is 7.89. The molecule has 0 amide bonds. The van der Waals surface area contributed by atoms with E-state index in [1.54, 1.807) is 13.1 Å². The van der Waals surface area contributed by atoms with E-state index in [0.29, 0.717) is 18.5 Å². The maximum Gasteiger partial charge on any atom is 0.242 e. The lowest BCUT2D eigenvalue weighted by atomic mass is 10.4. The van der Waals surface area contributed by atoms with Crippen molar-refractivity contribution in [2.24, 2.45) is 4.99 Å². The number of halogens is 2. The van der Waals surface area contributed by atoms with E-state index in [1.807, 2.05) is 0 Å². The summed E-state index contributed by atoms with van der Waals surface area (Å²) in [4.78, 5) is 4.04. The standard InChI is InChI=1S/C13H18Cl2N4O2S/c1-16-13(19-9-5-6-9)17-7-8-18-22(20,21)11-4-2-3-10(14)12(11)15/h2-4,9,18H,5-8H2,1H3,(H2,16,17,19). The molecule has 1 saturated carbocycles. The van der Waals surface area contributed by atoms with Crippen LogP contribution in [0.5, 0.6) is 0 Å². The number of hydrogen-bond donors (Lipinski definition) is 3. The molecule has 122 valence electrons. The maximum atomic E-state index is 12.2. The van der Waals surface area contributed by atoms with Gasteiger partial charge in [-0.3, -0.25) is 4.99 Å². The van der Waals surface area contributed by atoms with Crippen molar-refractivity contribution in [2.45, 2.75) is 23.8 Å². The van der Waals surface area contributed by atoms with E-state index in [9.17, 15) is 8.42 Å².